The number of thioether (sulfide) groups is 4. The van der Waals surface area contributed by atoms with E-state index in [4.69, 9.17) is 18.9 Å². The number of hydrogen-bond acceptors (Lipinski definition) is 13. The number of aliphatic hydroxyl groups is 2. The molecule has 3 saturated heterocycles. The Morgan fingerprint density at radius 1 is 1.00 bits per heavy atom. The minimum atomic E-state index is -1.83. The molecule has 0 amide bonds. The standard InChI is InChI=1S/C35H47NO8S4/c1-19-22(37)17-34(40)29(44-28(39)20-10-8-7-9-11-20)35(36(5)6)21-18-41-23(21)16-24(42-30-45-12-13-46-30)33(35,4)27(38)26(25(19)32(34,2)3)43-31-47-14-15-48-31/h7-11,19,21-24,29-31,37,40H,12-18H2,1-6H3/b26-25+. The fraction of sp³-hybridized carbons (Fsp3) is 0.714. The summed E-state index contributed by atoms with van der Waals surface area (Å²) >= 11 is 6.75. The van der Waals surface area contributed by atoms with E-state index in [9.17, 15) is 15.0 Å². The third-order valence-corrected chi connectivity index (χ3v) is 17.5. The fourth-order valence-electron chi connectivity index (χ4n) is 9.58. The summed E-state index contributed by atoms with van der Waals surface area (Å²) in [5, 5.41) is 25.4. The quantitative estimate of drug-likeness (QED) is 0.372. The van der Waals surface area contributed by atoms with Gasteiger partial charge in [-0.2, -0.15) is 0 Å². The molecule has 2 bridgehead atoms. The van der Waals surface area contributed by atoms with Crippen LogP contribution in [0.4, 0.5) is 0 Å². The number of ether oxygens (including phenoxy) is 4. The van der Waals surface area contributed by atoms with E-state index in [1.54, 1.807) is 71.3 Å². The number of fused-ring (bicyclic) bond motifs is 5. The number of aliphatic hydroxyl groups excluding tert-OH is 1. The molecule has 3 aliphatic heterocycles. The van der Waals surface area contributed by atoms with Crippen LogP contribution in [0.1, 0.15) is 50.9 Å². The van der Waals surface area contributed by atoms with E-state index in [1.165, 1.54) is 0 Å². The maximum absolute atomic E-state index is 16.0. The number of hydrogen-bond donors (Lipinski definition) is 2. The number of Topliss-reactive ketones (excluding diaryl/α,β-unsaturated/α-hetero) is 1. The molecule has 3 heterocycles. The molecule has 6 aliphatic rings. The van der Waals surface area contributed by atoms with Gasteiger partial charge in [0.2, 0.25) is 5.78 Å². The van der Waals surface area contributed by atoms with Gasteiger partial charge in [-0.3, -0.25) is 9.69 Å². The largest absolute Gasteiger partial charge is 0.466 e. The van der Waals surface area contributed by atoms with Crippen LogP contribution in [-0.2, 0) is 23.7 Å². The van der Waals surface area contributed by atoms with E-state index < -0.39 is 52.2 Å². The summed E-state index contributed by atoms with van der Waals surface area (Å²) in [6.45, 7) is 7.98. The monoisotopic (exact) mass is 737 g/mol. The van der Waals surface area contributed by atoms with Gasteiger partial charge in [-0.1, -0.05) is 39.0 Å². The summed E-state index contributed by atoms with van der Waals surface area (Å²) in [5.41, 5.74) is -4.77. The molecule has 9 nitrogen and oxygen atoms in total. The first kappa shape index (κ1) is 35.5. The number of likely N-dealkylation sites (N-methyl/N-ethyl adjacent to an activating group) is 1. The van der Waals surface area contributed by atoms with Crippen LogP contribution in [0.2, 0.25) is 0 Å². The summed E-state index contributed by atoms with van der Waals surface area (Å²) < 4.78 is 26.3. The zero-order chi connectivity index (χ0) is 34.2. The molecule has 2 saturated carbocycles. The number of benzene rings is 1. The average molecular weight is 738 g/mol. The van der Waals surface area contributed by atoms with Gasteiger partial charge in [-0.15, -0.1) is 47.0 Å². The summed E-state index contributed by atoms with van der Waals surface area (Å²) in [5.74, 6) is 2.27. The van der Waals surface area contributed by atoms with Crippen molar-refractivity contribution in [3.8, 4) is 0 Å². The molecule has 0 spiro atoms. The topological polar surface area (TPSA) is 115 Å². The van der Waals surface area contributed by atoms with E-state index in [0.29, 0.717) is 24.2 Å². The average Bonchev–Trinajstić information content (AvgIpc) is 3.76. The van der Waals surface area contributed by atoms with Crippen LogP contribution >= 0.6 is 47.0 Å². The lowest BCUT2D eigenvalue weighted by atomic mass is 9.42. The van der Waals surface area contributed by atoms with Crippen molar-refractivity contribution in [2.75, 3.05) is 43.7 Å². The Bertz CT molecular complexity index is 1450. The highest BCUT2D eigenvalue weighted by Gasteiger charge is 2.80. The van der Waals surface area contributed by atoms with Gasteiger partial charge >= 0.3 is 5.97 Å². The Morgan fingerprint density at radius 3 is 2.21 bits per heavy atom. The van der Waals surface area contributed by atoms with Crippen molar-refractivity contribution < 1.29 is 38.7 Å². The number of ketones is 1. The summed E-state index contributed by atoms with van der Waals surface area (Å²) in [7, 11) is 3.80. The van der Waals surface area contributed by atoms with Gasteiger partial charge in [0.05, 0.1) is 41.4 Å². The number of allylic oxidation sites excluding steroid dienone is 1. The van der Waals surface area contributed by atoms with Crippen LogP contribution in [-0.4, -0.2) is 116 Å². The second kappa shape index (κ2) is 12.9. The predicted octanol–water partition coefficient (Wildman–Crippen LogP) is 4.86. The van der Waals surface area contributed by atoms with Crippen molar-refractivity contribution in [2.45, 2.75) is 85.6 Å². The Kier molecular flexibility index (Phi) is 9.58. The zero-order valence-corrected chi connectivity index (χ0v) is 31.6. The zero-order valence-electron chi connectivity index (χ0n) is 28.4. The molecule has 7 rings (SSSR count). The molecule has 13 heteroatoms. The van der Waals surface area contributed by atoms with Crippen molar-refractivity contribution in [2.24, 2.45) is 22.7 Å². The lowest BCUT2D eigenvalue weighted by molar-refractivity contribution is -0.318. The first-order valence-corrected chi connectivity index (χ1v) is 21.0. The second-order valence-electron chi connectivity index (χ2n) is 14.8. The molecule has 264 valence electrons. The lowest BCUT2D eigenvalue weighted by Gasteiger charge is -2.71. The van der Waals surface area contributed by atoms with Gasteiger partial charge in [0.25, 0.3) is 0 Å². The van der Waals surface area contributed by atoms with E-state index in [1.807, 2.05) is 52.8 Å². The first-order chi connectivity index (χ1) is 22.8. The number of rotatable bonds is 7. The number of nitrogens with zero attached hydrogens (tertiary/aromatic N) is 1. The van der Waals surface area contributed by atoms with Gasteiger partial charge in [0, 0.05) is 53.1 Å². The lowest BCUT2D eigenvalue weighted by Crippen LogP contribution is -2.86. The highest BCUT2D eigenvalue weighted by atomic mass is 32.2. The molecular weight excluding hydrogens is 691 g/mol. The third-order valence-electron chi connectivity index (χ3n) is 12.1. The van der Waals surface area contributed by atoms with Gasteiger partial charge in [0.15, 0.2) is 16.6 Å². The van der Waals surface area contributed by atoms with Crippen LogP contribution in [0, 0.1) is 22.7 Å². The molecular formula is C35H47NO8S4. The van der Waals surface area contributed by atoms with Gasteiger partial charge in [-0.05, 0) is 38.7 Å². The van der Waals surface area contributed by atoms with E-state index >= 15 is 4.79 Å². The molecule has 0 radical (unpaired) electrons. The van der Waals surface area contributed by atoms with E-state index in [2.05, 4.69) is 0 Å². The van der Waals surface area contributed by atoms with Crippen molar-refractivity contribution in [3.63, 3.8) is 0 Å². The Balaban J connectivity index is 1.53. The summed E-state index contributed by atoms with van der Waals surface area (Å²) in [6.07, 6.45) is -2.81. The minimum absolute atomic E-state index is 0.0600. The van der Waals surface area contributed by atoms with Crippen molar-refractivity contribution in [1.82, 2.24) is 4.90 Å². The van der Waals surface area contributed by atoms with Crippen LogP contribution in [0.25, 0.3) is 0 Å². The molecule has 0 aromatic heterocycles. The van der Waals surface area contributed by atoms with Crippen molar-refractivity contribution in [3.05, 3.63) is 47.2 Å². The number of esters is 1. The molecule has 1 aromatic rings. The predicted molar refractivity (Wildman–Crippen MR) is 192 cm³/mol. The SMILES string of the molecule is CC1/C2=C(\OC3SCCS3)C(=O)C3(C)C(OC4SCCS4)CC4OCC4C3(N(C)C)C(OC(=O)c3ccccc3)C(O)(CC1O)C2(C)C. The Hall–Kier alpha value is -0.900. The molecule has 9 atom stereocenters. The first-order valence-electron chi connectivity index (χ1n) is 16.8. The van der Waals surface area contributed by atoms with Crippen molar-refractivity contribution in [1.29, 1.82) is 0 Å². The molecule has 5 fully saturated rings. The number of carbonyl (C=O) groups is 2. The molecule has 9 unspecified atom stereocenters. The Morgan fingerprint density at radius 2 is 1.62 bits per heavy atom. The summed E-state index contributed by atoms with van der Waals surface area (Å²) in [6, 6.07) is 8.76. The number of carbonyl (C=O) groups excluding carboxylic acids is 2. The van der Waals surface area contributed by atoms with Crippen LogP contribution < -0.4 is 0 Å². The normalized spacial score (nSPS) is 42.8. The molecule has 1 aromatic carbocycles. The third kappa shape index (κ3) is 5.10. The Labute approximate surface area is 300 Å². The molecule has 48 heavy (non-hydrogen) atoms. The van der Waals surface area contributed by atoms with E-state index in [-0.39, 0.29) is 39.5 Å². The summed E-state index contributed by atoms with van der Waals surface area (Å²) in [4.78, 5) is 32.2. The molecule has 2 N–H and O–H groups in total. The van der Waals surface area contributed by atoms with Crippen LogP contribution in [0.15, 0.2) is 41.7 Å². The maximum Gasteiger partial charge on any atom is 0.338 e. The van der Waals surface area contributed by atoms with Crippen LogP contribution in [0.3, 0.4) is 0 Å². The fourth-order valence-corrected chi connectivity index (χ4v) is 14.6. The van der Waals surface area contributed by atoms with Gasteiger partial charge in [-0.25, -0.2) is 4.79 Å². The smallest absolute Gasteiger partial charge is 0.338 e. The maximum atomic E-state index is 16.0. The minimum Gasteiger partial charge on any atom is -0.466 e. The highest BCUT2D eigenvalue weighted by molar-refractivity contribution is 8.20. The van der Waals surface area contributed by atoms with Gasteiger partial charge in [0.1, 0.15) is 10.4 Å². The highest BCUT2D eigenvalue weighted by Crippen LogP contribution is 2.67. The van der Waals surface area contributed by atoms with Gasteiger partial charge < -0.3 is 29.2 Å². The molecule has 3 aliphatic carbocycles. The van der Waals surface area contributed by atoms with Crippen molar-refractivity contribution >= 4 is 58.8 Å². The second-order valence-corrected chi connectivity index (χ2v) is 20.0. The van der Waals surface area contributed by atoms with Crippen LogP contribution in [0.5, 0.6) is 0 Å². The van der Waals surface area contributed by atoms with E-state index in [0.717, 1.165) is 23.0 Å².